The fourth-order valence-electron chi connectivity index (χ4n) is 2.22. The lowest BCUT2D eigenvalue weighted by molar-refractivity contribution is 0.132. The first-order chi connectivity index (χ1) is 9.65. The Morgan fingerprint density at radius 3 is 2.75 bits per heavy atom. The molecule has 1 unspecified atom stereocenters. The summed E-state index contributed by atoms with van der Waals surface area (Å²) < 4.78 is 7.76. The molecule has 1 aromatic carbocycles. The lowest BCUT2D eigenvalue weighted by Gasteiger charge is -2.20. The predicted molar refractivity (Wildman–Crippen MR) is 81.7 cm³/mol. The van der Waals surface area contributed by atoms with Gasteiger partial charge in [-0.25, -0.2) is 4.98 Å². The van der Waals surface area contributed by atoms with Crippen molar-refractivity contribution in [1.29, 1.82) is 0 Å². The van der Waals surface area contributed by atoms with Crippen molar-refractivity contribution in [3.8, 4) is 0 Å². The molecule has 2 aromatic rings. The van der Waals surface area contributed by atoms with Crippen molar-refractivity contribution in [2.45, 2.75) is 19.5 Å². The van der Waals surface area contributed by atoms with E-state index in [4.69, 9.17) is 15.5 Å². The number of imidazole rings is 1. The summed E-state index contributed by atoms with van der Waals surface area (Å²) >= 11 is 0. The van der Waals surface area contributed by atoms with Crippen molar-refractivity contribution in [2.75, 3.05) is 33.9 Å². The molecule has 0 aliphatic rings. The first kappa shape index (κ1) is 15.0. The molecular weight excluding hydrogens is 252 g/mol. The summed E-state index contributed by atoms with van der Waals surface area (Å²) in [6, 6.07) is 8.49. The Labute approximate surface area is 120 Å². The summed E-state index contributed by atoms with van der Waals surface area (Å²) in [6.45, 7) is 4.79. The first-order valence-electron chi connectivity index (χ1n) is 7.04. The van der Waals surface area contributed by atoms with Gasteiger partial charge in [-0.15, -0.1) is 0 Å². The summed E-state index contributed by atoms with van der Waals surface area (Å²) in [5.41, 5.74) is 7.64. The van der Waals surface area contributed by atoms with Crippen LogP contribution in [0, 0.1) is 0 Å². The van der Waals surface area contributed by atoms with Gasteiger partial charge in [0, 0.05) is 13.1 Å². The number of rotatable bonds is 7. The van der Waals surface area contributed by atoms with Crippen LogP contribution in [0.2, 0.25) is 0 Å². The van der Waals surface area contributed by atoms with Gasteiger partial charge in [0.2, 0.25) is 0 Å². The zero-order valence-electron chi connectivity index (χ0n) is 12.5. The molecule has 0 saturated carbocycles. The van der Waals surface area contributed by atoms with Gasteiger partial charge < -0.3 is 15.0 Å². The molecule has 0 saturated heterocycles. The van der Waals surface area contributed by atoms with Crippen LogP contribution in [0.4, 0.5) is 0 Å². The topological polar surface area (TPSA) is 56.3 Å². The van der Waals surface area contributed by atoms with E-state index in [0.717, 1.165) is 23.4 Å². The molecule has 0 bridgehead atoms. The van der Waals surface area contributed by atoms with Crippen molar-refractivity contribution in [1.82, 2.24) is 14.5 Å². The molecule has 1 aromatic heterocycles. The highest BCUT2D eigenvalue weighted by atomic mass is 16.5. The van der Waals surface area contributed by atoms with Gasteiger partial charge >= 0.3 is 0 Å². The van der Waals surface area contributed by atoms with E-state index >= 15 is 0 Å². The predicted octanol–water partition coefficient (Wildman–Crippen LogP) is 1.63. The summed E-state index contributed by atoms with van der Waals surface area (Å²) in [7, 11) is 4.14. The lowest BCUT2D eigenvalue weighted by Crippen LogP contribution is -2.22. The highest BCUT2D eigenvalue weighted by Gasteiger charge is 2.17. The Balaban J connectivity index is 2.29. The fraction of sp³-hybridized carbons (Fsp3) is 0.533. The molecule has 1 atom stereocenters. The number of nitrogens with two attached hydrogens (primary N) is 1. The summed E-state index contributed by atoms with van der Waals surface area (Å²) in [4.78, 5) is 6.94. The van der Waals surface area contributed by atoms with Gasteiger partial charge in [0.05, 0.1) is 30.3 Å². The zero-order valence-corrected chi connectivity index (χ0v) is 12.5. The number of para-hydroxylation sites is 2. The minimum absolute atomic E-state index is 0.261. The van der Waals surface area contributed by atoms with Crippen molar-refractivity contribution < 1.29 is 4.74 Å². The van der Waals surface area contributed by atoms with Gasteiger partial charge in [-0.3, -0.25) is 4.90 Å². The number of aromatic nitrogens is 2. The van der Waals surface area contributed by atoms with Crippen LogP contribution in [0.5, 0.6) is 0 Å². The van der Waals surface area contributed by atoms with E-state index in [1.54, 1.807) is 0 Å². The number of fused-ring (bicyclic) bond motifs is 1. The normalized spacial score (nSPS) is 13.2. The van der Waals surface area contributed by atoms with Crippen LogP contribution in [-0.2, 0) is 11.3 Å². The fourth-order valence-corrected chi connectivity index (χ4v) is 2.22. The maximum Gasteiger partial charge on any atom is 0.127 e. The van der Waals surface area contributed by atoms with E-state index in [1.807, 2.05) is 12.1 Å². The van der Waals surface area contributed by atoms with Gasteiger partial charge in [0.25, 0.3) is 0 Å². The largest absolute Gasteiger partial charge is 0.378 e. The van der Waals surface area contributed by atoms with E-state index < -0.39 is 0 Å². The second-order valence-corrected chi connectivity index (χ2v) is 5.15. The van der Waals surface area contributed by atoms with Crippen LogP contribution in [-0.4, -0.2) is 48.3 Å². The third kappa shape index (κ3) is 3.17. The van der Waals surface area contributed by atoms with Crippen LogP contribution in [0.25, 0.3) is 11.0 Å². The van der Waals surface area contributed by atoms with Gasteiger partial charge in [0.15, 0.2) is 0 Å². The van der Waals surface area contributed by atoms with Gasteiger partial charge in [-0.1, -0.05) is 12.1 Å². The number of ether oxygens (including phenoxy) is 1. The average molecular weight is 276 g/mol. The van der Waals surface area contributed by atoms with E-state index in [9.17, 15) is 0 Å². The molecule has 110 valence electrons. The van der Waals surface area contributed by atoms with Crippen molar-refractivity contribution in [3.05, 3.63) is 30.1 Å². The van der Waals surface area contributed by atoms with Crippen LogP contribution >= 0.6 is 0 Å². The lowest BCUT2D eigenvalue weighted by atomic mass is 10.3. The highest BCUT2D eigenvalue weighted by Crippen LogP contribution is 2.23. The number of nitrogens with zero attached hydrogens (tertiary/aromatic N) is 3. The van der Waals surface area contributed by atoms with Gasteiger partial charge in [-0.05, 0) is 33.2 Å². The molecule has 0 fully saturated rings. The maximum absolute atomic E-state index is 5.51. The Kier molecular flexibility index (Phi) is 5.11. The molecule has 5 nitrogen and oxygen atoms in total. The minimum atomic E-state index is 0.261. The standard InChI is InChI=1S/C15H24N4O/c1-12(18(2)3)15-17-13-6-4-5-7-14(13)19(15)9-11-20-10-8-16/h4-7,12H,8-11,16H2,1-3H3. The molecule has 20 heavy (non-hydrogen) atoms. The van der Waals surface area contributed by atoms with E-state index in [0.29, 0.717) is 19.8 Å². The summed E-state index contributed by atoms with van der Waals surface area (Å²) in [5.74, 6) is 1.08. The molecule has 2 rings (SSSR count). The smallest absolute Gasteiger partial charge is 0.127 e. The molecule has 5 heteroatoms. The van der Waals surface area contributed by atoms with Crippen molar-refractivity contribution in [3.63, 3.8) is 0 Å². The van der Waals surface area contributed by atoms with Crippen molar-refractivity contribution in [2.24, 2.45) is 5.73 Å². The van der Waals surface area contributed by atoms with Crippen LogP contribution < -0.4 is 5.73 Å². The van der Waals surface area contributed by atoms with Crippen LogP contribution in [0.1, 0.15) is 18.8 Å². The molecule has 0 aliphatic carbocycles. The van der Waals surface area contributed by atoms with Gasteiger partial charge in [0.1, 0.15) is 5.82 Å². The Morgan fingerprint density at radius 1 is 1.30 bits per heavy atom. The van der Waals surface area contributed by atoms with E-state index in [1.165, 1.54) is 0 Å². The monoisotopic (exact) mass is 276 g/mol. The summed E-state index contributed by atoms with van der Waals surface area (Å²) in [5, 5.41) is 0. The first-order valence-corrected chi connectivity index (χ1v) is 7.04. The molecule has 0 amide bonds. The third-order valence-electron chi connectivity index (χ3n) is 3.55. The van der Waals surface area contributed by atoms with Crippen LogP contribution in [0.15, 0.2) is 24.3 Å². The second-order valence-electron chi connectivity index (χ2n) is 5.15. The molecular formula is C15H24N4O. The quantitative estimate of drug-likeness (QED) is 0.781. The molecule has 1 heterocycles. The molecule has 0 spiro atoms. The second kappa shape index (κ2) is 6.83. The zero-order chi connectivity index (χ0) is 14.5. The number of hydrogen-bond acceptors (Lipinski definition) is 4. The van der Waals surface area contributed by atoms with Crippen LogP contribution in [0.3, 0.4) is 0 Å². The molecule has 0 aliphatic heterocycles. The highest BCUT2D eigenvalue weighted by molar-refractivity contribution is 5.76. The van der Waals surface area contributed by atoms with Gasteiger partial charge in [-0.2, -0.15) is 0 Å². The van der Waals surface area contributed by atoms with Crippen molar-refractivity contribution >= 4 is 11.0 Å². The Morgan fingerprint density at radius 2 is 2.05 bits per heavy atom. The summed E-state index contributed by atoms with van der Waals surface area (Å²) in [6.07, 6.45) is 0. The Hall–Kier alpha value is -1.43. The maximum atomic E-state index is 5.51. The Bertz CT molecular complexity index is 550. The third-order valence-corrected chi connectivity index (χ3v) is 3.55. The van der Waals surface area contributed by atoms with E-state index in [2.05, 4.69) is 42.6 Å². The average Bonchev–Trinajstić information content (AvgIpc) is 2.81. The molecule has 0 radical (unpaired) electrons. The number of benzene rings is 1. The van der Waals surface area contributed by atoms with E-state index in [-0.39, 0.29) is 6.04 Å². The number of hydrogen-bond donors (Lipinski definition) is 1. The molecule has 2 N–H and O–H groups in total. The SMILES string of the molecule is CC(c1nc2ccccc2n1CCOCCN)N(C)C. The minimum Gasteiger partial charge on any atom is -0.378 e.